The summed E-state index contributed by atoms with van der Waals surface area (Å²) < 4.78 is 0. The maximum absolute atomic E-state index is 12.5. The maximum atomic E-state index is 12.5. The van der Waals surface area contributed by atoms with E-state index in [-0.39, 0.29) is 11.9 Å². The van der Waals surface area contributed by atoms with E-state index < -0.39 is 5.54 Å². The first-order chi connectivity index (χ1) is 9.62. The van der Waals surface area contributed by atoms with E-state index in [1.807, 2.05) is 24.3 Å². The molecule has 1 aromatic carbocycles. The van der Waals surface area contributed by atoms with Gasteiger partial charge in [-0.15, -0.1) is 0 Å². The predicted molar refractivity (Wildman–Crippen MR) is 76.0 cm³/mol. The Hall–Kier alpha value is -2.04. The summed E-state index contributed by atoms with van der Waals surface area (Å²) in [5, 5.41) is 2.89. The van der Waals surface area contributed by atoms with Gasteiger partial charge in [0.15, 0.2) is 0 Å². The molecule has 5 heteroatoms. The summed E-state index contributed by atoms with van der Waals surface area (Å²) in [4.78, 5) is 25.8. The number of hydrogen-bond acceptors (Lipinski definition) is 3. The van der Waals surface area contributed by atoms with Crippen LogP contribution < -0.4 is 11.1 Å². The third kappa shape index (κ3) is 2.03. The standard InChI is InChI=1S/C15H19N3O2/c16-12-6-2-1-5-11(12)7-10-18-13(19)15(17-14(18)20)8-3-4-9-15/h1-2,5-6H,3-4,7-10,16H2,(H,17,20). The first-order valence-corrected chi connectivity index (χ1v) is 7.10. The zero-order valence-electron chi connectivity index (χ0n) is 11.4. The fraction of sp³-hybridized carbons (Fsp3) is 0.467. The molecular weight excluding hydrogens is 254 g/mol. The van der Waals surface area contributed by atoms with Crippen molar-refractivity contribution >= 4 is 17.6 Å². The third-order valence-electron chi connectivity index (χ3n) is 4.36. The maximum Gasteiger partial charge on any atom is 0.325 e. The Morgan fingerprint density at radius 2 is 1.90 bits per heavy atom. The molecule has 1 aromatic rings. The zero-order valence-corrected chi connectivity index (χ0v) is 11.4. The number of imide groups is 1. The summed E-state index contributed by atoms with van der Waals surface area (Å²) >= 11 is 0. The van der Waals surface area contributed by atoms with E-state index in [2.05, 4.69) is 5.32 Å². The van der Waals surface area contributed by atoms with Crippen LogP contribution in [-0.4, -0.2) is 28.9 Å². The molecular formula is C15H19N3O2. The molecule has 5 nitrogen and oxygen atoms in total. The van der Waals surface area contributed by atoms with Crippen molar-refractivity contribution in [3.05, 3.63) is 29.8 Å². The Kier molecular flexibility index (Phi) is 3.12. The number of nitrogens with one attached hydrogen (secondary N) is 1. The van der Waals surface area contributed by atoms with Gasteiger partial charge in [0, 0.05) is 12.2 Å². The lowest BCUT2D eigenvalue weighted by Gasteiger charge is -2.20. The number of nitrogen functional groups attached to an aromatic ring is 1. The van der Waals surface area contributed by atoms with Gasteiger partial charge in [0.05, 0.1) is 0 Å². The normalized spacial score (nSPS) is 20.7. The Morgan fingerprint density at radius 3 is 2.60 bits per heavy atom. The molecule has 3 amide bonds. The lowest BCUT2D eigenvalue weighted by atomic mass is 9.98. The highest BCUT2D eigenvalue weighted by molar-refractivity contribution is 6.07. The van der Waals surface area contributed by atoms with Crippen LogP contribution in [0.25, 0.3) is 0 Å². The van der Waals surface area contributed by atoms with Crippen LogP contribution in [-0.2, 0) is 11.2 Å². The van der Waals surface area contributed by atoms with E-state index >= 15 is 0 Å². The van der Waals surface area contributed by atoms with E-state index in [9.17, 15) is 9.59 Å². The minimum absolute atomic E-state index is 0.0606. The number of urea groups is 1. The number of amides is 3. The lowest BCUT2D eigenvalue weighted by Crippen LogP contribution is -2.44. The van der Waals surface area contributed by atoms with Gasteiger partial charge in [0.2, 0.25) is 0 Å². The average molecular weight is 273 g/mol. The van der Waals surface area contributed by atoms with E-state index in [1.54, 1.807) is 0 Å². The van der Waals surface area contributed by atoms with E-state index in [4.69, 9.17) is 5.73 Å². The minimum Gasteiger partial charge on any atom is -0.399 e. The topological polar surface area (TPSA) is 75.4 Å². The first kappa shape index (κ1) is 13.0. The molecule has 1 heterocycles. The molecule has 0 aromatic heterocycles. The molecule has 2 aliphatic rings. The molecule has 1 spiro atoms. The van der Waals surface area contributed by atoms with Crippen LogP contribution in [0.5, 0.6) is 0 Å². The second kappa shape index (κ2) is 4.81. The van der Waals surface area contributed by atoms with Crippen molar-refractivity contribution in [2.45, 2.75) is 37.6 Å². The van der Waals surface area contributed by atoms with Gasteiger partial charge in [-0.2, -0.15) is 0 Å². The smallest absolute Gasteiger partial charge is 0.325 e. The van der Waals surface area contributed by atoms with E-state index in [0.717, 1.165) is 31.2 Å². The second-order valence-electron chi connectivity index (χ2n) is 5.62. The summed E-state index contributed by atoms with van der Waals surface area (Å²) in [6.07, 6.45) is 4.14. The molecule has 3 rings (SSSR count). The van der Waals surface area contributed by atoms with Gasteiger partial charge < -0.3 is 11.1 Å². The van der Waals surface area contributed by atoms with Gasteiger partial charge in [-0.3, -0.25) is 9.69 Å². The molecule has 106 valence electrons. The molecule has 0 radical (unpaired) electrons. The first-order valence-electron chi connectivity index (χ1n) is 7.10. The molecule has 0 atom stereocenters. The summed E-state index contributed by atoms with van der Waals surface area (Å²) in [5.74, 6) is -0.0606. The van der Waals surface area contributed by atoms with Gasteiger partial charge >= 0.3 is 6.03 Å². The highest BCUT2D eigenvalue weighted by atomic mass is 16.2. The summed E-state index contributed by atoms with van der Waals surface area (Å²) in [6, 6.07) is 7.29. The molecule has 1 saturated heterocycles. The van der Waals surface area contributed by atoms with Crippen molar-refractivity contribution in [2.75, 3.05) is 12.3 Å². The number of anilines is 1. The fourth-order valence-corrected chi connectivity index (χ4v) is 3.19. The number of para-hydroxylation sites is 1. The van der Waals surface area contributed by atoms with E-state index in [0.29, 0.717) is 18.7 Å². The monoisotopic (exact) mass is 273 g/mol. The molecule has 2 fully saturated rings. The minimum atomic E-state index is -0.612. The van der Waals surface area contributed by atoms with Crippen LogP contribution in [0.2, 0.25) is 0 Å². The molecule has 0 bridgehead atoms. The van der Waals surface area contributed by atoms with E-state index in [1.165, 1.54) is 4.90 Å². The van der Waals surface area contributed by atoms with Crippen LogP contribution >= 0.6 is 0 Å². The van der Waals surface area contributed by atoms with Crippen molar-refractivity contribution in [1.29, 1.82) is 0 Å². The number of nitrogens with two attached hydrogens (primary N) is 1. The quantitative estimate of drug-likeness (QED) is 0.650. The Labute approximate surface area is 118 Å². The van der Waals surface area contributed by atoms with Crippen molar-refractivity contribution < 1.29 is 9.59 Å². The molecule has 20 heavy (non-hydrogen) atoms. The van der Waals surface area contributed by atoms with Gasteiger partial charge in [0.25, 0.3) is 5.91 Å². The molecule has 1 aliphatic heterocycles. The molecule has 0 unspecified atom stereocenters. The molecule has 1 aliphatic carbocycles. The van der Waals surface area contributed by atoms with Gasteiger partial charge in [-0.1, -0.05) is 31.0 Å². The van der Waals surface area contributed by atoms with Gasteiger partial charge in [-0.05, 0) is 30.9 Å². The fourth-order valence-electron chi connectivity index (χ4n) is 3.19. The summed E-state index contributed by atoms with van der Waals surface area (Å²) in [7, 11) is 0. The van der Waals surface area contributed by atoms with Crippen molar-refractivity contribution in [3.63, 3.8) is 0 Å². The van der Waals surface area contributed by atoms with Crippen molar-refractivity contribution in [3.8, 4) is 0 Å². The number of carbonyl (C=O) groups is 2. The number of benzene rings is 1. The second-order valence-corrected chi connectivity index (χ2v) is 5.62. The number of hydrogen-bond donors (Lipinski definition) is 2. The SMILES string of the molecule is Nc1ccccc1CCN1C(=O)NC2(CCCC2)C1=O. The highest BCUT2D eigenvalue weighted by Gasteiger charge is 2.52. The predicted octanol–water partition coefficient (Wildman–Crippen LogP) is 1.68. The Balaban J connectivity index is 1.70. The van der Waals surface area contributed by atoms with Gasteiger partial charge in [-0.25, -0.2) is 4.79 Å². The molecule has 1 saturated carbocycles. The lowest BCUT2D eigenvalue weighted by molar-refractivity contribution is -0.131. The average Bonchev–Trinajstić information content (AvgIpc) is 2.98. The van der Waals surface area contributed by atoms with Crippen LogP contribution in [0.1, 0.15) is 31.2 Å². The van der Waals surface area contributed by atoms with Crippen LogP contribution in [0.4, 0.5) is 10.5 Å². The summed E-state index contributed by atoms with van der Waals surface area (Å²) in [6.45, 7) is 0.390. The molecule has 3 N–H and O–H groups in total. The summed E-state index contributed by atoms with van der Waals surface area (Å²) in [5.41, 5.74) is 6.95. The number of nitrogens with zero attached hydrogens (tertiary/aromatic N) is 1. The van der Waals surface area contributed by atoms with Crippen molar-refractivity contribution in [1.82, 2.24) is 10.2 Å². The van der Waals surface area contributed by atoms with Crippen LogP contribution in [0, 0.1) is 0 Å². The number of rotatable bonds is 3. The number of carbonyl (C=O) groups excluding carboxylic acids is 2. The Bertz CT molecular complexity index is 550. The van der Waals surface area contributed by atoms with Crippen molar-refractivity contribution in [2.24, 2.45) is 0 Å². The Morgan fingerprint density at radius 1 is 1.20 bits per heavy atom. The zero-order chi connectivity index (χ0) is 14.2. The van der Waals surface area contributed by atoms with Crippen LogP contribution in [0.15, 0.2) is 24.3 Å². The van der Waals surface area contributed by atoms with Crippen LogP contribution in [0.3, 0.4) is 0 Å². The largest absolute Gasteiger partial charge is 0.399 e. The van der Waals surface area contributed by atoms with Gasteiger partial charge in [0.1, 0.15) is 5.54 Å². The highest BCUT2D eigenvalue weighted by Crippen LogP contribution is 2.35. The third-order valence-corrected chi connectivity index (χ3v) is 4.36.